The number of hydrogen-bond donors (Lipinski definition) is 2. The van der Waals surface area contributed by atoms with Crippen LogP contribution in [-0.2, 0) is 6.42 Å². The van der Waals surface area contributed by atoms with Crippen LogP contribution in [0.2, 0.25) is 0 Å². The van der Waals surface area contributed by atoms with Crippen LogP contribution in [0.25, 0.3) is 0 Å². The highest BCUT2D eigenvalue weighted by Gasteiger charge is 2.11. The molecule has 0 aliphatic carbocycles. The molecule has 0 radical (unpaired) electrons. The molecule has 2 N–H and O–H groups in total. The van der Waals surface area contributed by atoms with E-state index in [1.807, 2.05) is 31.3 Å². The number of amides is 1. The summed E-state index contributed by atoms with van der Waals surface area (Å²) in [6.07, 6.45) is 1.99. The molecule has 1 atom stereocenters. The molecule has 0 aromatic heterocycles. The Kier molecular flexibility index (Phi) is 8.01. The lowest BCUT2D eigenvalue weighted by molar-refractivity contribution is 0.0946. The lowest BCUT2D eigenvalue weighted by Crippen LogP contribution is -2.37. The molecule has 4 heteroatoms. The number of nitrogens with one attached hydrogen (secondary N) is 2. The lowest BCUT2D eigenvalue weighted by atomic mass is 10.0. The second-order valence-electron chi connectivity index (χ2n) is 5.50. The minimum Gasteiger partial charge on any atom is -0.351 e. The van der Waals surface area contributed by atoms with Crippen LogP contribution in [0.5, 0.6) is 0 Å². The van der Waals surface area contributed by atoms with E-state index in [1.165, 1.54) is 0 Å². The van der Waals surface area contributed by atoms with Crippen molar-refractivity contribution in [2.24, 2.45) is 0 Å². The summed E-state index contributed by atoms with van der Waals surface area (Å²) in [5, 5.41) is 6.15. The molecule has 118 valence electrons. The van der Waals surface area contributed by atoms with Crippen LogP contribution in [-0.4, -0.2) is 50.6 Å². The first-order chi connectivity index (χ1) is 10.1. The zero-order chi connectivity index (χ0) is 15.7. The van der Waals surface area contributed by atoms with Crippen LogP contribution in [0.1, 0.15) is 36.2 Å². The van der Waals surface area contributed by atoms with Gasteiger partial charge in [-0.3, -0.25) is 4.79 Å². The predicted octanol–water partition coefficient (Wildman–Crippen LogP) is 1.91. The summed E-state index contributed by atoms with van der Waals surface area (Å²) in [6, 6.07) is 8.38. The molecule has 0 heterocycles. The van der Waals surface area contributed by atoms with E-state index in [1.54, 1.807) is 0 Å². The first-order valence-electron chi connectivity index (χ1n) is 7.81. The van der Waals surface area contributed by atoms with Gasteiger partial charge in [-0.25, -0.2) is 0 Å². The highest BCUT2D eigenvalue weighted by molar-refractivity contribution is 5.95. The maximum absolute atomic E-state index is 12.3. The number of carbonyl (C=O) groups excluding carboxylic acids is 1. The molecular formula is C17H29N3O. The van der Waals surface area contributed by atoms with Crippen molar-refractivity contribution in [3.63, 3.8) is 0 Å². The van der Waals surface area contributed by atoms with Gasteiger partial charge in [-0.15, -0.1) is 0 Å². The zero-order valence-corrected chi connectivity index (χ0v) is 13.8. The average molecular weight is 291 g/mol. The summed E-state index contributed by atoms with van der Waals surface area (Å²) in [7, 11) is 4.02. The van der Waals surface area contributed by atoms with Gasteiger partial charge in [0.15, 0.2) is 0 Å². The van der Waals surface area contributed by atoms with E-state index in [2.05, 4.69) is 36.4 Å². The van der Waals surface area contributed by atoms with E-state index >= 15 is 0 Å². The predicted molar refractivity (Wildman–Crippen MR) is 88.8 cm³/mol. The third kappa shape index (κ3) is 5.86. The average Bonchev–Trinajstić information content (AvgIpc) is 2.52. The summed E-state index contributed by atoms with van der Waals surface area (Å²) in [5.74, 6) is 0.0271. The summed E-state index contributed by atoms with van der Waals surface area (Å²) in [4.78, 5) is 14.6. The Morgan fingerprint density at radius 2 is 2.00 bits per heavy atom. The Bertz CT molecular complexity index is 434. The Morgan fingerprint density at radius 3 is 2.67 bits per heavy atom. The van der Waals surface area contributed by atoms with Crippen molar-refractivity contribution in [3.8, 4) is 0 Å². The second-order valence-corrected chi connectivity index (χ2v) is 5.50. The van der Waals surface area contributed by atoms with Crippen molar-refractivity contribution in [1.82, 2.24) is 15.5 Å². The van der Waals surface area contributed by atoms with Crippen LogP contribution in [0.4, 0.5) is 0 Å². The number of hydrogen-bond acceptors (Lipinski definition) is 3. The van der Waals surface area contributed by atoms with Gasteiger partial charge in [0.1, 0.15) is 0 Å². The van der Waals surface area contributed by atoms with E-state index in [0.29, 0.717) is 12.6 Å². The van der Waals surface area contributed by atoms with Crippen LogP contribution >= 0.6 is 0 Å². The van der Waals surface area contributed by atoms with Gasteiger partial charge in [-0.05, 0) is 52.0 Å². The van der Waals surface area contributed by atoms with Gasteiger partial charge in [0.25, 0.3) is 5.91 Å². The summed E-state index contributed by atoms with van der Waals surface area (Å²) in [6.45, 7) is 6.81. The van der Waals surface area contributed by atoms with Gasteiger partial charge in [-0.1, -0.05) is 25.1 Å². The van der Waals surface area contributed by atoms with Gasteiger partial charge in [0.2, 0.25) is 0 Å². The van der Waals surface area contributed by atoms with Gasteiger partial charge >= 0.3 is 0 Å². The Balaban J connectivity index is 2.52. The third-order valence-electron chi connectivity index (χ3n) is 4.00. The molecule has 4 nitrogen and oxygen atoms in total. The SMILES string of the molecule is CCC(C)N(C)CCNC(=O)c1ccccc1CCNC. The molecule has 1 rings (SSSR count). The van der Waals surface area contributed by atoms with E-state index in [-0.39, 0.29) is 5.91 Å². The van der Waals surface area contributed by atoms with Gasteiger partial charge in [0, 0.05) is 24.7 Å². The fourth-order valence-corrected chi connectivity index (χ4v) is 2.19. The van der Waals surface area contributed by atoms with Crippen LogP contribution in [0.3, 0.4) is 0 Å². The molecule has 0 fully saturated rings. The highest BCUT2D eigenvalue weighted by Crippen LogP contribution is 2.09. The van der Waals surface area contributed by atoms with E-state index < -0.39 is 0 Å². The molecule has 1 amide bonds. The molecule has 0 aliphatic rings. The fourth-order valence-electron chi connectivity index (χ4n) is 2.19. The normalized spacial score (nSPS) is 12.4. The maximum Gasteiger partial charge on any atom is 0.251 e. The number of carbonyl (C=O) groups is 1. The van der Waals surface area contributed by atoms with Crippen molar-refractivity contribution >= 4 is 5.91 Å². The van der Waals surface area contributed by atoms with Crippen molar-refractivity contribution in [1.29, 1.82) is 0 Å². The van der Waals surface area contributed by atoms with Crippen molar-refractivity contribution in [2.75, 3.05) is 33.7 Å². The van der Waals surface area contributed by atoms with Gasteiger partial charge in [-0.2, -0.15) is 0 Å². The largest absolute Gasteiger partial charge is 0.351 e. The minimum atomic E-state index is 0.0271. The zero-order valence-electron chi connectivity index (χ0n) is 13.8. The van der Waals surface area contributed by atoms with Crippen LogP contribution in [0, 0.1) is 0 Å². The smallest absolute Gasteiger partial charge is 0.251 e. The Labute approximate surface area is 128 Å². The first kappa shape index (κ1) is 17.7. The van der Waals surface area contributed by atoms with Gasteiger partial charge < -0.3 is 15.5 Å². The molecular weight excluding hydrogens is 262 g/mol. The summed E-state index contributed by atoms with van der Waals surface area (Å²) in [5.41, 5.74) is 1.89. The number of benzene rings is 1. The highest BCUT2D eigenvalue weighted by atomic mass is 16.1. The van der Waals surface area contributed by atoms with Crippen molar-refractivity contribution in [3.05, 3.63) is 35.4 Å². The quantitative estimate of drug-likeness (QED) is 0.730. The standard InChI is InChI=1S/C17H29N3O/c1-5-14(2)20(4)13-12-19-17(21)16-9-7-6-8-15(16)10-11-18-3/h6-9,14,18H,5,10-13H2,1-4H3,(H,19,21). The second kappa shape index (κ2) is 9.53. The Hall–Kier alpha value is -1.39. The van der Waals surface area contributed by atoms with E-state index in [4.69, 9.17) is 0 Å². The number of nitrogens with zero attached hydrogens (tertiary/aromatic N) is 1. The third-order valence-corrected chi connectivity index (χ3v) is 4.00. The van der Waals surface area contributed by atoms with Crippen molar-refractivity contribution in [2.45, 2.75) is 32.7 Å². The van der Waals surface area contributed by atoms with Crippen molar-refractivity contribution < 1.29 is 4.79 Å². The van der Waals surface area contributed by atoms with Crippen LogP contribution in [0.15, 0.2) is 24.3 Å². The topological polar surface area (TPSA) is 44.4 Å². The van der Waals surface area contributed by atoms with E-state index in [0.717, 1.165) is 37.1 Å². The molecule has 0 spiro atoms. The number of likely N-dealkylation sites (N-methyl/N-ethyl adjacent to an activating group) is 2. The Morgan fingerprint density at radius 1 is 1.29 bits per heavy atom. The number of rotatable bonds is 9. The molecule has 1 aromatic rings. The first-order valence-corrected chi connectivity index (χ1v) is 7.81. The fraction of sp³-hybridized carbons (Fsp3) is 0.588. The molecule has 1 unspecified atom stereocenters. The monoisotopic (exact) mass is 291 g/mol. The summed E-state index contributed by atoms with van der Waals surface area (Å²) >= 11 is 0. The lowest BCUT2D eigenvalue weighted by Gasteiger charge is -2.23. The molecule has 21 heavy (non-hydrogen) atoms. The summed E-state index contributed by atoms with van der Waals surface area (Å²) < 4.78 is 0. The molecule has 1 aromatic carbocycles. The van der Waals surface area contributed by atoms with E-state index in [9.17, 15) is 4.79 Å². The molecule has 0 saturated carbocycles. The molecule has 0 saturated heterocycles. The molecule has 0 bridgehead atoms. The van der Waals surface area contributed by atoms with Gasteiger partial charge in [0.05, 0.1) is 0 Å². The van der Waals surface area contributed by atoms with Crippen LogP contribution < -0.4 is 10.6 Å². The minimum absolute atomic E-state index is 0.0271. The molecule has 0 aliphatic heterocycles. The maximum atomic E-state index is 12.3.